The number of nitrogens with zero attached hydrogens (tertiary/aromatic N) is 2. The molecule has 1 aromatic heterocycles. The van der Waals surface area contributed by atoms with Crippen molar-refractivity contribution in [3.63, 3.8) is 0 Å². The van der Waals surface area contributed by atoms with Gasteiger partial charge >= 0.3 is 0 Å². The van der Waals surface area contributed by atoms with Crippen LogP contribution in [0.1, 0.15) is 19.8 Å². The second kappa shape index (κ2) is 3.83. The Labute approximate surface area is 94.3 Å². The second-order valence-electron chi connectivity index (χ2n) is 4.18. The average Bonchev–Trinajstić information content (AvgIpc) is 2.67. The van der Waals surface area contributed by atoms with Crippen molar-refractivity contribution in [2.75, 3.05) is 13.1 Å². The Balaban J connectivity index is 2.08. The largest absolute Gasteiger partial charge is 0.387 e. The zero-order chi connectivity index (χ0) is 11.8. The van der Waals surface area contributed by atoms with Gasteiger partial charge in [-0.1, -0.05) is 13.3 Å². The van der Waals surface area contributed by atoms with Crippen LogP contribution in [0.3, 0.4) is 0 Å². The van der Waals surface area contributed by atoms with Crippen LogP contribution < -0.4 is 0 Å². The van der Waals surface area contributed by atoms with Crippen LogP contribution in [0.25, 0.3) is 0 Å². The molecule has 1 aliphatic heterocycles. The van der Waals surface area contributed by atoms with Gasteiger partial charge in [-0.25, -0.2) is 8.42 Å². The topological polar surface area (TPSA) is 86.3 Å². The summed E-state index contributed by atoms with van der Waals surface area (Å²) in [5.74, 6) is 0. The zero-order valence-corrected chi connectivity index (χ0v) is 9.87. The third-order valence-corrected chi connectivity index (χ3v) is 4.52. The van der Waals surface area contributed by atoms with Gasteiger partial charge < -0.3 is 5.11 Å². The van der Waals surface area contributed by atoms with Crippen molar-refractivity contribution in [3.8, 4) is 0 Å². The van der Waals surface area contributed by atoms with Gasteiger partial charge in [-0.05, 0) is 6.42 Å². The fraction of sp³-hybridized carbons (Fsp3) is 0.667. The van der Waals surface area contributed by atoms with Gasteiger partial charge in [-0.2, -0.15) is 9.40 Å². The summed E-state index contributed by atoms with van der Waals surface area (Å²) in [6, 6.07) is 0. The number of sulfonamides is 1. The van der Waals surface area contributed by atoms with E-state index in [9.17, 15) is 13.5 Å². The summed E-state index contributed by atoms with van der Waals surface area (Å²) in [6.07, 6.45) is 4.08. The number of hydrogen-bond acceptors (Lipinski definition) is 4. The highest BCUT2D eigenvalue weighted by Gasteiger charge is 2.46. The van der Waals surface area contributed by atoms with Gasteiger partial charge in [0, 0.05) is 19.3 Å². The Morgan fingerprint density at radius 2 is 2.31 bits per heavy atom. The normalized spacial score (nSPS) is 20.6. The summed E-state index contributed by atoms with van der Waals surface area (Å²) in [6.45, 7) is 2.31. The molecule has 16 heavy (non-hydrogen) atoms. The lowest BCUT2D eigenvalue weighted by Crippen LogP contribution is -2.63. The number of aliphatic hydroxyl groups is 1. The molecule has 90 valence electrons. The minimum atomic E-state index is -3.47. The number of β-amino-alcohol motifs (C(OH)–C–C–N with tert-alkyl or cyclic N) is 1. The third-order valence-electron chi connectivity index (χ3n) is 2.77. The van der Waals surface area contributed by atoms with E-state index in [1.165, 1.54) is 16.7 Å². The summed E-state index contributed by atoms with van der Waals surface area (Å²) < 4.78 is 25.1. The molecule has 0 atom stereocenters. The first kappa shape index (κ1) is 11.6. The summed E-state index contributed by atoms with van der Waals surface area (Å²) in [5.41, 5.74) is -0.842. The Kier molecular flexibility index (Phi) is 2.77. The van der Waals surface area contributed by atoms with Crippen molar-refractivity contribution in [2.24, 2.45) is 0 Å². The van der Waals surface area contributed by atoms with Gasteiger partial charge in [0.25, 0.3) is 0 Å². The minimum absolute atomic E-state index is 0.144. The van der Waals surface area contributed by atoms with Gasteiger partial charge in [-0.15, -0.1) is 0 Å². The Morgan fingerprint density at radius 1 is 1.62 bits per heavy atom. The van der Waals surface area contributed by atoms with Gasteiger partial charge in [0.15, 0.2) is 0 Å². The first-order chi connectivity index (χ1) is 7.48. The molecule has 1 fully saturated rings. The predicted molar refractivity (Wildman–Crippen MR) is 57.2 cm³/mol. The monoisotopic (exact) mass is 245 g/mol. The van der Waals surface area contributed by atoms with E-state index in [0.29, 0.717) is 6.42 Å². The first-order valence-electron chi connectivity index (χ1n) is 5.19. The number of H-pyrrole nitrogens is 1. The van der Waals surface area contributed by atoms with Gasteiger partial charge in [0.2, 0.25) is 10.0 Å². The molecule has 0 aliphatic carbocycles. The van der Waals surface area contributed by atoms with Crippen LogP contribution in [0.4, 0.5) is 0 Å². The van der Waals surface area contributed by atoms with Crippen LogP contribution in [-0.2, 0) is 10.0 Å². The Hall–Kier alpha value is -0.920. The summed E-state index contributed by atoms with van der Waals surface area (Å²) >= 11 is 0. The van der Waals surface area contributed by atoms with Crippen molar-refractivity contribution in [3.05, 3.63) is 12.4 Å². The van der Waals surface area contributed by atoms with E-state index in [4.69, 9.17) is 0 Å². The fourth-order valence-corrected chi connectivity index (χ4v) is 3.44. The molecule has 0 spiro atoms. The molecule has 6 nitrogen and oxygen atoms in total. The van der Waals surface area contributed by atoms with Crippen molar-refractivity contribution in [1.29, 1.82) is 0 Å². The quantitative estimate of drug-likeness (QED) is 0.778. The van der Waals surface area contributed by atoms with Gasteiger partial charge in [0.1, 0.15) is 4.90 Å². The van der Waals surface area contributed by atoms with Gasteiger partial charge in [0.05, 0.1) is 11.8 Å². The van der Waals surface area contributed by atoms with Crippen molar-refractivity contribution in [2.45, 2.75) is 30.3 Å². The van der Waals surface area contributed by atoms with E-state index in [1.807, 2.05) is 6.92 Å². The second-order valence-corrected chi connectivity index (χ2v) is 6.12. The van der Waals surface area contributed by atoms with Crippen LogP contribution in [-0.4, -0.2) is 46.7 Å². The molecule has 2 rings (SSSR count). The van der Waals surface area contributed by atoms with Gasteiger partial charge in [-0.3, -0.25) is 5.10 Å². The smallest absolute Gasteiger partial charge is 0.246 e. The van der Waals surface area contributed by atoms with E-state index >= 15 is 0 Å². The fourth-order valence-electron chi connectivity index (χ4n) is 1.93. The first-order valence-corrected chi connectivity index (χ1v) is 6.63. The van der Waals surface area contributed by atoms with E-state index in [0.717, 1.165) is 6.42 Å². The average molecular weight is 245 g/mol. The Bertz CT molecular complexity index is 448. The molecule has 0 saturated carbocycles. The van der Waals surface area contributed by atoms with Crippen LogP contribution in [0.2, 0.25) is 0 Å². The number of aromatic nitrogens is 2. The highest BCUT2D eigenvalue weighted by molar-refractivity contribution is 7.89. The molecule has 0 bridgehead atoms. The zero-order valence-electron chi connectivity index (χ0n) is 9.05. The van der Waals surface area contributed by atoms with Crippen LogP contribution in [0, 0.1) is 0 Å². The molecule has 0 aromatic carbocycles. The van der Waals surface area contributed by atoms with Crippen LogP contribution in [0.5, 0.6) is 0 Å². The minimum Gasteiger partial charge on any atom is -0.387 e. The summed E-state index contributed by atoms with van der Waals surface area (Å²) in [4.78, 5) is 0.144. The maximum absolute atomic E-state index is 11.9. The SMILES string of the molecule is CCCC1(O)CN(S(=O)(=O)c2cn[nH]c2)C1. The van der Waals surface area contributed by atoms with E-state index < -0.39 is 15.6 Å². The standard InChI is InChI=1S/C9H15N3O3S/c1-2-3-9(13)6-12(7-9)16(14,15)8-4-10-11-5-8/h4-5,13H,2-3,6-7H2,1H3,(H,10,11). The Morgan fingerprint density at radius 3 is 2.81 bits per heavy atom. The third kappa shape index (κ3) is 1.85. The lowest BCUT2D eigenvalue weighted by Gasteiger charge is -2.45. The number of aromatic amines is 1. The van der Waals surface area contributed by atoms with Crippen LogP contribution in [0.15, 0.2) is 17.3 Å². The molecule has 2 N–H and O–H groups in total. The molecule has 7 heteroatoms. The number of hydrogen-bond donors (Lipinski definition) is 2. The van der Waals surface area contributed by atoms with Crippen molar-refractivity contribution < 1.29 is 13.5 Å². The van der Waals surface area contributed by atoms with Crippen molar-refractivity contribution >= 4 is 10.0 Å². The molecular weight excluding hydrogens is 230 g/mol. The molecule has 1 aliphatic rings. The van der Waals surface area contributed by atoms with E-state index in [-0.39, 0.29) is 18.0 Å². The predicted octanol–water partition coefficient (Wildman–Crippen LogP) is -0.0548. The molecule has 0 unspecified atom stereocenters. The molecule has 0 amide bonds. The maximum Gasteiger partial charge on any atom is 0.246 e. The number of nitrogens with one attached hydrogen (secondary N) is 1. The molecule has 1 saturated heterocycles. The lowest BCUT2D eigenvalue weighted by molar-refractivity contribution is -0.0653. The summed E-state index contributed by atoms with van der Waals surface area (Å²) in [7, 11) is -3.47. The maximum atomic E-state index is 11.9. The highest BCUT2D eigenvalue weighted by Crippen LogP contribution is 2.30. The molecule has 0 radical (unpaired) electrons. The molecular formula is C9H15N3O3S. The number of rotatable bonds is 4. The summed E-state index contributed by atoms with van der Waals surface area (Å²) in [5, 5.41) is 16.0. The van der Waals surface area contributed by atoms with Crippen LogP contribution >= 0.6 is 0 Å². The van der Waals surface area contributed by atoms with E-state index in [1.54, 1.807) is 0 Å². The highest BCUT2D eigenvalue weighted by atomic mass is 32.2. The van der Waals surface area contributed by atoms with E-state index in [2.05, 4.69) is 10.2 Å². The molecule has 1 aromatic rings. The molecule has 2 heterocycles. The lowest BCUT2D eigenvalue weighted by atomic mass is 9.92. The van der Waals surface area contributed by atoms with Crippen molar-refractivity contribution in [1.82, 2.24) is 14.5 Å².